The van der Waals surface area contributed by atoms with Crippen molar-refractivity contribution in [3.8, 4) is 5.75 Å². The largest absolute Gasteiger partial charge is 0.496 e. The molecular formula is C22H28N2O4. The van der Waals surface area contributed by atoms with E-state index in [1.165, 1.54) is 7.11 Å². The van der Waals surface area contributed by atoms with E-state index in [1.807, 2.05) is 44.2 Å². The van der Waals surface area contributed by atoms with E-state index in [0.717, 1.165) is 5.56 Å². The number of nitrogens with zero attached hydrogens (tertiary/aromatic N) is 1. The first-order valence-electron chi connectivity index (χ1n) is 9.35. The van der Waals surface area contributed by atoms with E-state index in [9.17, 15) is 14.7 Å². The van der Waals surface area contributed by atoms with Crippen molar-refractivity contribution in [3.05, 3.63) is 65.7 Å². The van der Waals surface area contributed by atoms with Crippen LogP contribution in [-0.2, 0) is 11.3 Å². The van der Waals surface area contributed by atoms with Gasteiger partial charge < -0.3 is 20.1 Å². The fourth-order valence-corrected chi connectivity index (χ4v) is 2.95. The van der Waals surface area contributed by atoms with Crippen LogP contribution in [-0.4, -0.2) is 48.1 Å². The monoisotopic (exact) mass is 384 g/mol. The first kappa shape index (κ1) is 21.4. The number of benzene rings is 2. The number of methoxy groups -OCH3 is 1. The van der Waals surface area contributed by atoms with Gasteiger partial charge in [0.15, 0.2) is 0 Å². The molecule has 2 amide bonds. The summed E-state index contributed by atoms with van der Waals surface area (Å²) in [5, 5.41) is 12.3. The highest BCUT2D eigenvalue weighted by molar-refractivity contribution is 5.99. The Morgan fingerprint density at radius 1 is 1.07 bits per heavy atom. The van der Waals surface area contributed by atoms with Crippen molar-refractivity contribution in [1.29, 1.82) is 0 Å². The van der Waals surface area contributed by atoms with Gasteiger partial charge in [-0.2, -0.15) is 0 Å². The maximum atomic E-state index is 13.2. The first-order valence-corrected chi connectivity index (χ1v) is 9.35. The Hall–Kier alpha value is -2.86. The summed E-state index contributed by atoms with van der Waals surface area (Å²) in [6.45, 7) is 4.18. The molecule has 0 bridgehead atoms. The molecule has 0 aliphatic rings. The van der Waals surface area contributed by atoms with Gasteiger partial charge in [-0.15, -0.1) is 0 Å². The molecule has 0 saturated carbocycles. The van der Waals surface area contributed by atoms with Gasteiger partial charge in [0.25, 0.3) is 5.91 Å². The molecular weight excluding hydrogens is 356 g/mol. The van der Waals surface area contributed by atoms with E-state index in [4.69, 9.17) is 4.74 Å². The number of nitrogens with one attached hydrogen (secondary N) is 1. The van der Waals surface area contributed by atoms with E-state index >= 15 is 0 Å². The quantitative estimate of drug-likeness (QED) is 0.696. The third kappa shape index (κ3) is 5.57. The van der Waals surface area contributed by atoms with Crippen LogP contribution < -0.4 is 10.1 Å². The zero-order valence-corrected chi connectivity index (χ0v) is 16.6. The molecule has 28 heavy (non-hydrogen) atoms. The molecule has 0 saturated heterocycles. The van der Waals surface area contributed by atoms with E-state index in [2.05, 4.69) is 5.32 Å². The third-order valence-electron chi connectivity index (χ3n) is 4.47. The number of rotatable bonds is 9. The number of aliphatic hydroxyl groups excluding tert-OH is 1. The molecule has 2 aromatic rings. The van der Waals surface area contributed by atoms with Crippen molar-refractivity contribution in [2.45, 2.75) is 26.4 Å². The predicted octanol–water partition coefficient (Wildman–Crippen LogP) is 2.47. The Balaban J connectivity index is 2.20. The third-order valence-corrected chi connectivity index (χ3v) is 4.47. The Morgan fingerprint density at radius 2 is 1.71 bits per heavy atom. The van der Waals surface area contributed by atoms with Crippen molar-refractivity contribution in [1.82, 2.24) is 10.2 Å². The summed E-state index contributed by atoms with van der Waals surface area (Å²) >= 11 is 0. The van der Waals surface area contributed by atoms with Crippen molar-refractivity contribution in [3.63, 3.8) is 0 Å². The molecule has 0 spiro atoms. The van der Waals surface area contributed by atoms with Gasteiger partial charge in [-0.05, 0) is 23.6 Å². The minimum absolute atomic E-state index is 0.122. The van der Waals surface area contributed by atoms with Gasteiger partial charge in [-0.3, -0.25) is 9.59 Å². The number of hydrogen-bond acceptors (Lipinski definition) is 4. The molecule has 0 aliphatic heterocycles. The molecule has 0 radical (unpaired) electrons. The lowest BCUT2D eigenvalue weighted by Gasteiger charge is -2.29. The van der Waals surface area contributed by atoms with Crippen LogP contribution in [0.2, 0.25) is 0 Å². The van der Waals surface area contributed by atoms with Crippen LogP contribution >= 0.6 is 0 Å². The normalized spacial score (nSPS) is 11.8. The summed E-state index contributed by atoms with van der Waals surface area (Å²) < 4.78 is 5.24. The second-order valence-electron chi connectivity index (χ2n) is 6.86. The maximum Gasteiger partial charge on any atom is 0.255 e. The molecule has 1 unspecified atom stereocenters. The summed E-state index contributed by atoms with van der Waals surface area (Å²) in [4.78, 5) is 27.5. The van der Waals surface area contributed by atoms with Gasteiger partial charge in [-0.1, -0.05) is 56.3 Å². The van der Waals surface area contributed by atoms with Crippen LogP contribution in [0.1, 0.15) is 29.8 Å². The molecule has 0 aromatic heterocycles. The van der Waals surface area contributed by atoms with E-state index in [0.29, 0.717) is 17.9 Å². The average molecular weight is 384 g/mol. The predicted molar refractivity (Wildman–Crippen MR) is 108 cm³/mol. The number of aliphatic hydroxyl groups is 1. The fourth-order valence-electron chi connectivity index (χ4n) is 2.95. The summed E-state index contributed by atoms with van der Waals surface area (Å²) in [6, 6.07) is 15.7. The number of amides is 2. The van der Waals surface area contributed by atoms with Crippen molar-refractivity contribution < 1.29 is 19.4 Å². The van der Waals surface area contributed by atoms with Gasteiger partial charge in [0.1, 0.15) is 11.8 Å². The minimum Gasteiger partial charge on any atom is -0.496 e. The molecule has 0 fully saturated rings. The highest BCUT2D eigenvalue weighted by Crippen LogP contribution is 2.18. The van der Waals surface area contributed by atoms with Crippen LogP contribution in [0.5, 0.6) is 5.75 Å². The zero-order chi connectivity index (χ0) is 20.5. The molecule has 6 heteroatoms. The van der Waals surface area contributed by atoms with Crippen molar-refractivity contribution >= 4 is 11.8 Å². The molecule has 0 heterocycles. The lowest BCUT2D eigenvalue weighted by atomic mass is 10.0. The summed E-state index contributed by atoms with van der Waals surface area (Å²) in [7, 11) is 1.50. The van der Waals surface area contributed by atoms with Crippen LogP contribution in [0.15, 0.2) is 54.6 Å². The van der Waals surface area contributed by atoms with Crippen molar-refractivity contribution in [2.24, 2.45) is 5.92 Å². The number of hydrogen-bond donors (Lipinski definition) is 2. The van der Waals surface area contributed by atoms with Gasteiger partial charge in [0, 0.05) is 13.1 Å². The van der Waals surface area contributed by atoms with Crippen LogP contribution in [0.4, 0.5) is 0 Å². The summed E-state index contributed by atoms with van der Waals surface area (Å²) in [5.41, 5.74) is 1.34. The molecule has 0 aliphatic carbocycles. The van der Waals surface area contributed by atoms with E-state index in [-0.39, 0.29) is 30.9 Å². The molecule has 2 N–H and O–H groups in total. The number of para-hydroxylation sites is 1. The van der Waals surface area contributed by atoms with Crippen LogP contribution in [0.3, 0.4) is 0 Å². The standard InChI is InChI=1S/C22H28N2O4/c1-16(2)20(23-21(26)18-11-7-8-12-19(18)28-3)22(27)24(13-14-25)15-17-9-5-4-6-10-17/h4-12,16,20,25H,13-15H2,1-3H3,(H,23,26). The lowest BCUT2D eigenvalue weighted by molar-refractivity contribution is -0.135. The van der Waals surface area contributed by atoms with Gasteiger partial charge >= 0.3 is 0 Å². The zero-order valence-electron chi connectivity index (χ0n) is 16.6. The lowest BCUT2D eigenvalue weighted by Crippen LogP contribution is -2.51. The van der Waals surface area contributed by atoms with Crippen LogP contribution in [0.25, 0.3) is 0 Å². The first-order chi connectivity index (χ1) is 13.5. The number of carbonyl (C=O) groups excluding carboxylic acids is 2. The molecule has 150 valence electrons. The van der Waals surface area contributed by atoms with E-state index < -0.39 is 6.04 Å². The minimum atomic E-state index is -0.715. The number of ether oxygens (including phenoxy) is 1. The fraction of sp³-hybridized carbons (Fsp3) is 0.364. The average Bonchev–Trinajstić information content (AvgIpc) is 2.71. The Labute approximate surface area is 166 Å². The smallest absolute Gasteiger partial charge is 0.255 e. The van der Waals surface area contributed by atoms with Crippen molar-refractivity contribution in [2.75, 3.05) is 20.3 Å². The maximum absolute atomic E-state index is 13.2. The van der Waals surface area contributed by atoms with Gasteiger partial charge in [0.05, 0.1) is 19.3 Å². The second kappa shape index (κ2) is 10.5. The Bertz CT molecular complexity index is 777. The van der Waals surface area contributed by atoms with E-state index in [1.54, 1.807) is 29.2 Å². The second-order valence-corrected chi connectivity index (χ2v) is 6.86. The molecule has 2 aromatic carbocycles. The topological polar surface area (TPSA) is 78.9 Å². The molecule has 1 atom stereocenters. The number of carbonyl (C=O) groups is 2. The van der Waals surface area contributed by atoms with Gasteiger partial charge in [0.2, 0.25) is 5.91 Å². The SMILES string of the molecule is COc1ccccc1C(=O)NC(C(=O)N(CCO)Cc1ccccc1)C(C)C. The molecule has 6 nitrogen and oxygen atoms in total. The van der Waals surface area contributed by atoms with Gasteiger partial charge in [-0.25, -0.2) is 0 Å². The molecule has 2 rings (SSSR count). The Morgan fingerprint density at radius 3 is 2.32 bits per heavy atom. The highest BCUT2D eigenvalue weighted by Gasteiger charge is 2.29. The highest BCUT2D eigenvalue weighted by atomic mass is 16.5. The summed E-state index contributed by atoms with van der Waals surface area (Å²) in [5.74, 6) is -0.265. The van der Waals surface area contributed by atoms with Crippen LogP contribution in [0, 0.1) is 5.92 Å². The Kier molecular flexibility index (Phi) is 8.02. The summed E-state index contributed by atoms with van der Waals surface area (Å²) in [6.07, 6.45) is 0.